The summed E-state index contributed by atoms with van der Waals surface area (Å²) in [6.07, 6.45) is 4.93. The molecule has 0 aromatic rings. The van der Waals surface area contributed by atoms with Crippen molar-refractivity contribution in [2.45, 2.75) is 33.6 Å². The molecule has 0 bridgehead atoms. The molecule has 66 valence electrons. The Bertz CT molecular complexity index is 106. The first kappa shape index (κ1) is 10.7. The van der Waals surface area contributed by atoms with Gasteiger partial charge in [0.1, 0.15) is 0 Å². The highest BCUT2D eigenvalue weighted by molar-refractivity contribution is 4.97. The summed E-state index contributed by atoms with van der Waals surface area (Å²) in [4.78, 5) is 0. The summed E-state index contributed by atoms with van der Waals surface area (Å²) in [6.45, 7) is 7.68. The highest BCUT2D eigenvalue weighted by atomic mass is 14.8. The summed E-state index contributed by atoms with van der Waals surface area (Å²) < 4.78 is 0. The molecule has 0 aromatic carbocycles. The largest absolute Gasteiger partial charge is 0.319 e. The van der Waals surface area contributed by atoms with Gasteiger partial charge in [-0.1, -0.05) is 25.0 Å². The van der Waals surface area contributed by atoms with Gasteiger partial charge < -0.3 is 5.32 Å². The van der Waals surface area contributed by atoms with Gasteiger partial charge in [0.2, 0.25) is 0 Å². The molecule has 0 aliphatic heterocycles. The Morgan fingerprint density at radius 3 is 2.45 bits per heavy atom. The van der Waals surface area contributed by atoms with E-state index in [-0.39, 0.29) is 0 Å². The van der Waals surface area contributed by atoms with Crippen molar-refractivity contribution in [2.24, 2.45) is 5.92 Å². The van der Waals surface area contributed by atoms with Gasteiger partial charge >= 0.3 is 0 Å². The van der Waals surface area contributed by atoms with Gasteiger partial charge in [-0.15, -0.1) is 0 Å². The molecule has 1 N–H and O–H groups in total. The van der Waals surface area contributed by atoms with Gasteiger partial charge in [-0.3, -0.25) is 0 Å². The minimum atomic E-state index is 0.731. The first-order chi connectivity index (χ1) is 5.20. The second-order valence-electron chi connectivity index (χ2n) is 3.35. The van der Waals surface area contributed by atoms with E-state index < -0.39 is 0 Å². The molecule has 0 rings (SSSR count). The second-order valence-corrected chi connectivity index (χ2v) is 3.35. The Morgan fingerprint density at radius 2 is 2.09 bits per heavy atom. The van der Waals surface area contributed by atoms with Crippen LogP contribution in [0.5, 0.6) is 0 Å². The van der Waals surface area contributed by atoms with Crippen molar-refractivity contribution in [2.75, 3.05) is 13.6 Å². The van der Waals surface area contributed by atoms with Crippen LogP contribution in [0.3, 0.4) is 0 Å². The Kier molecular flexibility index (Phi) is 6.24. The maximum absolute atomic E-state index is 3.21. The predicted molar refractivity (Wildman–Crippen MR) is 51.8 cm³/mol. The van der Waals surface area contributed by atoms with E-state index in [1.165, 1.54) is 18.4 Å². The smallest absolute Gasteiger partial charge is 0.00113 e. The molecule has 0 aliphatic carbocycles. The molecule has 11 heavy (non-hydrogen) atoms. The van der Waals surface area contributed by atoms with E-state index in [1.54, 1.807) is 0 Å². The average molecular weight is 155 g/mol. The Balaban J connectivity index is 3.78. The van der Waals surface area contributed by atoms with Gasteiger partial charge in [0.15, 0.2) is 0 Å². The fourth-order valence-electron chi connectivity index (χ4n) is 1.35. The zero-order chi connectivity index (χ0) is 8.69. The summed E-state index contributed by atoms with van der Waals surface area (Å²) in [6, 6.07) is 0. The minimum absolute atomic E-state index is 0.731. The van der Waals surface area contributed by atoms with Crippen molar-refractivity contribution >= 4 is 0 Å². The zero-order valence-electron chi connectivity index (χ0n) is 8.28. The van der Waals surface area contributed by atoms with Crippen LogP contribution in [0.1, 0.15) is 33.6 Å². The highest BCUT2D eigenvalue weighted by Crippen LogP contribution is 2.09. The summed E-state index contributed by atoms with van der Waals surface area (Å²) in [5.74, 6) is 0.731. The molecule has 0 unspecified atom stereocenters. The minimum Gasteiger partial charge on any atom is -0.319 e. The lowest BCUT2D eigenvalue weighted by Crippen LogP contribution is -2.17. The third-order valence-corrected chi connectivity index (χ3v) is 1.69. The van der Waals surface area contributed by atoms with E-state index in [4.69, 9.17) is 0 Å². The fraction of sp³-hybridized carbons (Fsp3) is 0.800. The zero-order valence-corrected chi connectivity index (χ0v) is 8.28. The van der Waals surface area contributed by atoms with Crippen LogP contribution in [0.15, 0.2) is 11.6 Å². The first-order valence-corrected chi connectivity index (χ1v) is 4.50. The van der Waals surface area contributed by atoms with Crippen molar-refractivity contribution < 1.29 is 0 Å². The number of allylic oxidation sites excluding steroid dienone is 1. The van der Waals surface area contributed by atoms with Crippen LogP contribution in [0.2, 0.25) is 0 Å². The maximum Gasteiger partial charge on any atom is 0.00113 e. The summed E-state index contributed by atoms with van der Waals surface area (Å²) >= 11 is 0. The normalized spacial score (nSPS) is 12.7. The average Bonchev–Trinajstić information content (AvgIpc) is 1.87. The second kappa shape index (κ2) is 6.41. The molecule has 1 heteroatoms. The van der Waals surface area contributed by atoms with Gasteiger partial charge in [-0.05, 0) is 33.2 Å². The molecular weight excluding hydrogens is 134 g/mol. The Morgan fingerprint density at radius 1 is 1.45 bits per heavy atom. The SMILES string of the molecule is CCC[C@H](C=C(C)C)CNC. The predicted octanol–water partition coefficient (Wildman–Crippen LogP) is 2.59. The molecule has 0 heterocycles. The molecule has 0 spiro atoms. The molecule has 0 saturated carbocycles. The summed E-state index contributed by atoms with van der Waals surface area (Å²) in [7, 11) is 2.02. The van der Waals surface area contributed by atoms with Crippen LogP contribution in [0, 0.1) is 5.92 Å². The van der Waals surface area contributed by atoms with E-state index in [0.717, 1.165) is 12.5 Å². The molecule has 0 radical (unpaired) electrons. The van der Waals surface area contributed by atoms with Crippen molar-refractivity contribution in [3.63, 3.8) is 0 Å². The molecule has 1 atom stereocenters. The lowest BCUT2D eigenvalue weighted by Gasteiger charge is -2.10. The fourth-order valence-corrected chi connectivity index (χ4v) is 1.35. The van der Waals surface area contributed by atoms with E-state index in [2.05, 4.69) is 32.2 Å². The van der Waals surface area contributed by atoms with Crippen molar-refractivity contribution in [3.05, 3.63) is 11.6 Å². The van der Waals surface area contributed by atoms with E-state index in [1.807, 2.05) is 7.05 Å². The van der Waals surface area contributed by atoms with Crippen molar-refractivity contribution in [1.82, 2.24) is 5.32 Å². The molecule has 0 amide bonds. The quantitative estimate of drug-likeness (QED) is 0.602. The lowest BCUT2D eigenvalue weighted by atomic mass is 10.0. The van der Waals surface area contributed by atoms with Crippen LogP contribution in [-0.4, -0.2) is 13.6 Å². The standard InChI is InChI=1S/C10H21N/c1-5-6-10(8-11-4)7-9(2)3/h7,10-11H,5-6,8H2,1-4H3/t10-/m1/s1. The molecule has 0 aromatic heterocycles. The van der Waals surface area contributed by atoms with Crippen LogP contribution in [-0.2, 0) is 0 Å². The maximum atomic E-state index is 3.21. The monoisotopic (exact) mass is 155 g/mol. The van der Waals surface area contributed by atoms with Gasteiger partial charge in [0.05, 0.1) is 0 Å². The first-order valence-electron chi connectivity index (χ1n) is 4.50. The molecule has 1 nitrogen and oxygen atoms in total. The molecule has 0 aliphatic rings. The third kappa shape index (κ3) is 6.11. The highest BCUT2D eigenvalue weighted by Gasteiger charge is 2.01. The summed E-state index contributed by atoms with van der Waals surface area (Å²) in [5, 5.41) is 3.21. The van der Waals surface area contributed by atoms with E-state index in [0.29, 0.717) is 0 Å². The van der Waals surface area contributed by atoms with Crippen molar-refractivity contribution in [3.8, 4) is 0 Å². The van der Waals surface area contributed by atoms with E-state index in [9.17, 15) is 0 Å². The van der Waals surface area contributed by atoms with Crippen LogP contribution in [0.25, 0.3) is 0 Å². The summed E-state index contributed by atoms with van der Waals surface area (Å²) in [5.41, 5.74) is 1.43. The van der Waals surface area contributed by atoms with Crippen LogP contribution in [0.4, 0.5) is 0 Å². The van der Waals surface area contributed by atoms with Crippen molar-refractivity contribution in [1.29, 1.82) is 0 Å². The van der Waals surface area contributed by atoms with Gasteiger partial charge in [0.25, 0.3) is 0 Å². The van der Waals surface area contributed by atoms with Crippen LogP contribution < -0.4 is 5.32 Å². The van der Waals surface area contributed by atoms with Gasteiger partial charge in [-0.25, -0.2) is 0 Å². The molecule has 0 fully saturated rings. The Hall–Kier alpha value is -0.300. The third-order valence-electron chi connectivity index (χ3n) is 1.69. The van der Waals surface area contributed by atoms with Gasteiger partial charge in [-0.2, -0.15) is 0 Å². The number of nitrogens with one attached hydrogen (secondary N) is 1. The topological polar surface area (TPSA) is 12.0 Å². The van der Waals surface area contributed by atoms with Crippen LogP contribution >= 0.6 is 0 Å². The molecule has 0 saturated heterocycles. The number of hydrogen-bond donors (Lipinski definition) is 1. The Labute approximate surface area is 70.9 Å². The lowest BCUT2D eigenvalue weighted by molar-refractivity contribution is 0.544. The van der Waals surface area contributed by atoms with Gasteiger partial charge in [0, 0.05) is 6.54 Å². The number of rotatable bonds is 5. The van der Waals surface area contributed by atoms with E-state index >= 15 is 0 Å². The molecular formula is C10H21N. The number of hydrogen-bond acceptors (Lipinski definition) is 1.